The number of thiazole rings is 1. The van der Waals surface area contributed by atoms with Gasteiger partial charge in [-0.2, -0.15) is 5.10 Å². The molecular weight excluding hydrogens is 368 g/mol. The van der Waals surface area contributed by atoms with Gasteiger partial charge in [0.2, 0.25) is 0 Å². The third-order valence-electron chi connectivity index (χ3n) is 5.07. The van der Waals surface area contributed by atoms with E-state index in [9.17, 15) is 4.79 Å². The molecule has 0 aliphatic carbocycles. The number of amides is 1. The van der Waals surface area contributed by atoms with E-state index in [0.29, 0.717) is 17.4 Å². The summed E-state index contributed by atoms with van der Waals surface area (Å²) in [5.74, 6) is -0.138. The van der Waals surface area contributed by atoms with Gasteiger partial charge >= 0.3 is 0 Å². The van der Waals surface area contributed by atoms with Crippen molar-refractivity contribution in [2.45, 2.75) is 27.3 Å². The highest BCUT2D eigenvalue weighted by Gasteiger charge is 2.24. The van der Waals surface area contributed by atoms with Crippen molar-refractivity contribution < 1.29 is 4.79 Å². The average molecular weight is 391 g/mol. The lowest BCUT2D eigenvalue weighted by Gasteiger charge is -2.19. The van der Waals surface area contributed by atoms with Crippen molar-refractivity contribution in [1.29, 1.82) is 0 Å². The molecule has 2 aromatic carbocycles. The first-order valence-corrected chi connectivity index (χ1v) is 9.99. The van der Waals surface area contributed by atoms with Crippen LogP contribution in [0.3, 0.4) is 0 Å². The predicted octanol–water partition coefficient (Wildman–Crippen LogP) is 4.80. The fourth-order valence-corrected chi connectivity index (χ4v) is 4.15. The third kappa shape index (κ3) is 3.31. The first kappa shape index (κ1) is 18.4. The van der Waals surface area contributed by atoms with E-state index in [4.69, 9.17) is 4.98 Å². The maximum absolute atomic E-state index is 13.4. The molecule has 2 aromatic heterocycles. The molecular formula is C22H22N4OS. The van der Waals surface area contributed by atoms with Crippen LogP contribution < -0.4 is 4.90 Å². The van der Waals surface area contributed by atoms with Gasteiger partial charge in [-0.15, -0.1) is 0 Å². The Labute approximate surface area is 168 Å². The number of aryl methyl sites for hydroxylation is 4. The average Bonchev–Trinajstić information content (AvgIpc) is 3.27. The largest absolute Gasteiger partial charge is 0.280 e. The van der Waals surface area contributed by atoms with E-state index in [1.165, 1.54) is 5.56 Å². The molecule has 0 fully saturated rings. The molecule has 0 aliphatic rings. The van der Waals surface area contributed by atoms with Crippen molar-refractivity contribution in [2.75, 3.05) is 4.90 Å². The summed E-state index contributed by atoms with van der Waals surface area (Å²) < 4.78 is 2.81. The Balaban J connectivity index is 1.80. The van der Waals surface area contributed by atoms with Crippen molar-refractivity contribution in [1.82, 2.24) is 14.8 Å². The summed E-state index contributed by atoms with van der Waals surface area (Å²) in [5, 5.41) is 5.08. The van der Waals surface area contributed by atoms with Crippen molar-refractivity contribution in [3.63, 3.8) is 0 Å². The molecule has 6 heteroatoms. The van der Waals surface area contributed by atoms with Crippen LogP contribution in [0, 0.1) is 20.8 Å². The molecule has 4 aromatic rings. The van der Waals surface area contributed by atoms with Gasteiger partial charge in [0.25, 0.3) is 5.91 Å². The van der Waals surface area contributed by atoms with Gasteiger partial charge in [0.15, 0.2) is 10.8 Å². The summed E-state index contributed by atoms with van der Waals surface area (Å²) in [5.41, 5.74) is 5.74. The molecule has 0 spiro atoms. The van der Waals surface area contributed by atoms with E-state index in [1.54, 1.807) is 20.9 Å². The third-order valence-corrected chi connectivity index (χ3v) is 6.11. The quantitative estimate of drug-likeness (QED) is 0.503. The van der Waals surface area contributed by atoms with Gasteiger partial charge in [-0.3, -0.25) is 14.4 Å². The van der Waals surface area contributed by atoms with Gasteiger partial charge in [-0.1, -0.05) is 47.7 Å². The molecule has 2 heterocycles. The summed E-state index contributed by atoms with van der Waals surface area (Å²) in [7, 11) is 1.84. The first-order valence-electron chi connectivity index (χ1n) is 9.17. The smallest absolute Gasteiger partial charge is 0.278 e. The number of anilines is 1. The molecule has 28 heavy (non-hydrogen) atoms. The lowest BCUT2D eigenvalue weighted by Crippen LogP contribution is -2.30. The number of nitrogens with zero attached hydrogens (tertiary/aromatic N) is 4. The summed E-state index contributed by atoms with van der Waals surface area (Å²) in [6.45, 7) is 6.55. The highest BCUT2D eigenvalue weighted by Crippen LogP contribution is 2.33. The van der Waals surface area contributed by atoms with Crippen LogP contribution >= 0.6 is 11.3 Å². The second kappa shape index (κ2) is 7.20. The zero-order chi connectivity index (χ0) is 19.8. The van der Waals surface area contributed by atoms with Crippen LogP contribution in [0.2, 0.25) is 0 Å². The normalized spacial score (nSPS) is 11.1. The molecule has 0 N–H and O–H groups in total. The predicted molar refractivity (Wildman–Crippen MR) is 114 cm³/mol. The zero-order valence-corrected chi connectivity index (χ0v) is 17.2. The number of carbonyl (C=O) groups is 1. The summed E-state index contributed by atoms with van der Waals surface area (Å²) in [4.78, 5) is 19.9. The Morgan fingerprint density at radius 1 is 1.11 bits per heavy atom. The second-order valence-corrected chi connectivity index (χ2v) is 8.03. The lowest BCUT2D eigenvalue weighted by atomic mass is 10.1. The van der Waals surface area contributed by atoms with Crippen molar-refractivity contribution >= 4 is 32.6 Å². The maximum atomic E-state index is 13.4. The molecule has 0 saturated carbocycles. The van der Waals surface area contributed by atoms with Crippen LogP contribution in [-0.2, 0) is 13.6 Å². The zero-order valence-electron chi connectivity index (χ0n) is 16.4. The van der Waals surface area contributed by atoms with E-state index in [2.05, 4.69) is 31.1 Å². The van der Waals surface area contributed by atoms with Crippen molar-refractivity contribution in [2.24, 2.45) is 7.05 Å². The standard InChI is InChI=1S/C22H22N4OS/c1-14-10-11-19-20(16(14)3)23-22(28-19)26(13-17-8-6-5-7-9-17)21(27)18-12-15(2)25(4)24-18/h5-12H,13H2,1-4H3. The molecule has 5 nitrogen and oxygen atoms in total. The summed E-state index contributed by atoms with van der Waals surface area (Å²) in [6, 6.07) is 16.0. The fraction of sp³-hybridized carbons (Fsp3) is 0.227. The van der Waals surface area contributed by atoms with Crippen LogP contribution in [0.25, 0.3) is 10.2 Å². The SMILES string of the molecule is Cc1ccc2sc(N(Cc3ccccc3)C(=O)c3cc(C)n(C)n3)nc2c1C. The van der Waals surface area contributed by atoms with Crippen molar-refractivity contribution in [3.05, 3.63) is 76.6 Å². The van der Waals surface area contributed by atoms with Gasteiger partial charge in [-0.05, 0) is 49.6 Å². The molecule has 0 radical (unpaired) electrons. The Kier molecular flexibility index (Phi) is 4.73. The molecule has 0 saturated heterocycles. The highest BCUT2D eigenvalue weighted by molar-refractivity contribution is 7.22. The minimum atomic E-state index is -0.138. The van der Waals surface area contributed by atoms with Gasteiger partial charge in [0.1, 0.15) is 0 Å². The minimum absolute atomic E-state index is 0.138. The number of hydrogen-bond donors (Lipinski definition) is 0. The summed E-state index contributed by atoms with van der Waals surface area (Å²) >= 11 is 1.54. The number of carbonyl (C=O) groups excluding carboxylic acids is 1. The number of hydrogen-bond acceptors (Lipinski definition) is 4. The molecule has 0 atom stereocenters. The number of fused-ring (bicyclic) bond motifs is 1. The molecule has 0 bridgehead atoms. The van der Waals surface area contributed by atoms with E-state index in [1.807, 2.05) is 50.4 Å². The van der Waals surface area contributed by atoms with Crippen molar-refractivity contribution in [3.8, 4) is 0 Å². The topological polar surface area (TPSA) is 51.0 Å². The van der Waals surface area contributed by atoms with Crippen LogP contribution in [-0.4, -0.2) is 20.7 Å². The Morgan fingerprint density at radius 3 is 2.54 bits per heavy atom. The van der Waals surface area contributed by atoms with Gasteiger partial charge in [0, 0.05) is 12.7 Å². The van der Waals surface area contributed by atoms with Crippen LogP contribution in [0.15, 0.2) is 48.5 Å². The lowest BCUT2D eigenvalue weighted by molar-refractivity contribution is 0.0979. The minimum Gasteiger partial charge on any atom is -0.278 e. The monoisotopic (exact) mass is 390 g/mol. The van der Waals surface area contributed by atoms with Crippen LogP contribution in [0.5, 0.6) is 0 Å². The molecule has 4 rings (SSSR count). The Morgan fingerprint density at radius 2 is 1.86 bits per heavy atom. The number of aromatic nitrogens is 3. The van der Waals surface area contributed by atoms with E-state index < -0.39 is 0 Å². The van der Waals surface area contributed by atoms with E-state index in [-0.39, 0.29) is 5.91 Å². The van der Waals surface area contributed by atoms with E-state index in [0.717, 1.165) is 27.0 Å². The van der Waals surface area contributed by atoms with E-state index >= 15 is 0 Å². The molecule has 1 amide bonds. The summed E-state index contributed by atoms with van der Waals surface area (Å²) in [6.07, 6.45) is 0. The molecule has 0 unspecified atom stereocenters. The van der Waals surface area contributed by atoms with Gasteiger partial charge < -0.3 is 0 Å². The fourth-order valence-electron chi connectivity index (χ4n) is 3.13. The number of benzene rings is 2. The Hall–Kier alpha value is -2.99. The number of rotatable bonds is 4. The second-order valence-electron chi connectivity index (χ2n) is 7.02. The first-order chi connectivity index (χ1) is 13.4. The molecule has 142 valence electrons. The Bertz CT molecular complexity index is 1140. The van der Waals surface area contributed by atoms with Gasteiger partial charge in [0.05, 0.1) is 16.8 Å². The molecule has 0 aliphatic heterocycles. The van der Waals surface area contributed by atoms with Gasteiger partial charge in [-0.25, -0.2) is 4.98 Å². The maximum Gasteiger partial charge on any atom is 0.280 e. The highest BCUT2D eigenvalue weighted by atomic mass is 32.1. The van der Waals surface area contributed by atoms with Crippen LogP contribution in [0.1, 0.15) is 32.9 Å². The van der Waals surface area contributed by atoms with Crippen LogP contribution in [0.4, 0.5) is 5.13 Å².